The van der Waals surface area contributed by atoms with E-state index in [1.807, 2.05) is 32.0 Å². The zero-order valence-corrected chi connectivity index (χ0v) is 16.0. The number of rotatable bonds is 9. The van der Waals surface area contributed by atoms with Crippen LogP contribution in [-0.4, -0.2) is 34.9 Å². The highest BCUT2D eigenvalue weighted by atomic mass is 16.5. The summed E-state index contributed by atoms with van der Waals surface area (Å²) < 4.78 is 11.2. The molecule has 0 atom stereocenters. The number of ether oxygens (including phenoxy) is 2. The summed E-state index contributed by atoms with van der Waals surface area (Å²) in [6.07, 6.45) is 1.65. The average molecular weight is 346 g/mol. The minimum absolute atomic E-state index is 0.201. The number of H-pyrrole nitrogens is 1. The molecule has 1 aromatic heterocycles. The molecule has 0 bridgehead atoms. The maximum Gasteiger partial charge on any atom is 0.163 e. The molecule has 0 unspecified atom stereocenters. The second kappa shape index (κ2) is 8.74. The molecular weight excluding hydrogens is 316 g/mol. The fourth-order valence-electron chi connectivity index (χ4n) is 2.51. The van der Waals surface area contributed by atoms with Crippen LogP contribution in [0.2, 0.25) is 0 Å². The molecule has 0 saturated heterocycles. The molecule has 2 rings (SSSR count). The molecule has 0 aliphatic carbocycles. The summed E-state index contributed by atoms with van der Waals surface area (Å²) in [5.74, 6) is 3.32. The molecule has 0 amide bonds. The summed E-state index contributed by atoms with van der Waals surface area (Å²) in [4.78, 5) is 4.56. The summed E-state index contributed by atoms with van der Waals surface area (Å²) >= 11 is 0. The van der Waals surface area contributed by atoms with Gasteiger partial charge >= 0.3 is 0 Å². The second-order valence-corrected chi connectivity index (χ2v) is 7.14. The molecule has 2 aromatic rings. The molecule has 1 aromatic carbocycles. The molecule has 0 aliphatic rings. The summed E-state index contributed by atoms with van der Waals surface area (Å²) in [5, 5.41) is 10.7. The van der Waals surface area contributed by atoms with Crippen LogP contribution in [0.5, 0.6) is 11.5 Å². The molecule has 138 valence electrons. The lowest BCUT2D eigenvalue weighted by Gasteiger charge is -2.15. The first-order chi connectivity index (χ1) is 11.9. The first-order valence-corrected chi connectivity index (χ1v) is 8.95. The lowest BCUT2D eigenvalue weighted by atomic mass is 9.92. The SMILES string of the molecule is CCOc1ccc(NCCc2n[nH]c(CC(C)(C)C)n2)cc1OCC. The van der Waals surface area contributed by atoms with Gasteiger partial charge in [-0.1, -0.05) is 20.8 Å². The molecule has 25 heavy (non-hydrogen) atoms. The Morgan fingerprint density at radius 2 is 1.80 bits per heavy atom. The van der Waals surface area contributed by atoms with Gasteiger partial charge in [-0.25, -0.2) is 4.98 Å². The number of hydrogen-bond acceptors (Lipinski definition) is 5. The zero-order chi connectivity index (χ0) is 18.3. The van der Waals surface area contributed by atoms with Gasteiger partial charge in [-0.3, -0.25) is 5.10 Å². The van der Waals surface area contributed by atoms with E-state index < -0.39 is 0 Å². The molecule has 0 saturated carbocycles. The van der Waals surface area contributed by atoms with Crippen LogP contribution < -0.4 is 14.8 Å². The van der Waals surface area contributed by atoms with Crippen LogP contribution in [0.15, 0.2) is 18.2 Å². The Kier molecular flexibility index (Phi) is 6.67. The molecule has 0 spiro atoms. The van der Waals surface area contributed by atoms with E-state index in [2.05, 4.69) is 41.3 Å². The minimum atomic E-state index is 0.201. The summed E-state index contributed by atoms with van der Waals surface area (Å²) in [6, 6.07) is 5.90. The van der Waals surface area contributed by atoms with Crippen LogP contribution in [0.25, 0.3) is 0 Å². The van der Waals surface area contributed by atoms with Gasteiger partial charge in [0.2, 0.25) is 0 Å². The number of anilines is 1. The van der Waals surface area contributed by atoms with E-state index >= 15 is 0 Å². The maximum absolute atomic E-state index is 5.65. The fraction of sp³-hybridized carbons (Fsp3) is 0.579. The monoisotopic (exact) mass is 346 g/mol. The standard InChI is InChI=1S/C19H30N4O2/c1-6-24-15-9-8-14(12-16(15)25-7-2)20-11-10-17-21-18(23-22-17)13-19(3,4)5/h8-9,12,20H,6-7,10-11,13H2,1-5H3,(H,21,22,23). The predicted molar refractivity (Wildman–Crippen MR) is 101 cm³/mol. The van der Waals surface area contributed by atoms with Crippen molar-refractivity contribution in [1.82, 2.24) is 15.2 Å². The quantitative estimate of drug-likeness (QED) is 0.722. The summed E-state index contributed by atoms with van der Waals surface area (Å²) in [6.45, 7) is 12.5. The van der Waals surface area contributed by atoms with Gasteiger partial charge < -0.3 is 14.8 Å². The van der Waals surface area contributed by atoms with Gasteiger partial charge in [0, 0.05) is 31.1 Å². The second-order valence-electron chi connectivity index (χ2n) is 7.14. The van der Waals surface area contributed by atoms with Crippen molar-refractivity contribution in [3.63, 3.8) is 0 Å². The minimum Gasteiger partial charge on any atom is -0.490 e. The van der Waals surface area contributed by atoms with Gasteiger partial charge in [-0.2, -0.15) is 5.10 Å². The Labute approximate surface area is 150 Å². The Hall–Kier alpha value is -2.24. The van der Waals surface area contributed by atoms with Crippen molar-refractivity contribution in [3.05, 3.63) is 29.8 Å². The van der Waals surface area contributed by atoms with Crippen molar-refractivity contribution in [2.24, 2.45) is 5.41 Å². The van der Waals surface area contributed by atoms with Crippen LogP contribution in [-0.2, 0) is 12.8 Å². The summed E-state index contributed by atoms with van der Waals surface area (Å²) in [7, 11) is 0. The summed E-state index contributed by atoms with van der Waals surface area (Å²) in [5.41, 5.74) is 1.20. The Bertz CT molecular complexity index is 662. The van der Waals surface area contributed by atoms with Crippen molar-refractivity contribution >= 4 is 5.69 Å². The lowest BCUT2D eigenvalue weighted by molar-refractivity contribution is 0.288. The van der Waals surface area contributed by atoms with E-state index in [9.17, 15) is 0 Å². The van der Waals surface area contributed by atoms with Crippen LogP contribution in [0.3, 0.4) is 0 Å². The Morgan fingerprint density at radius 1 is 1.08 bits per heavy atom. The van der Waals surface area contributed by atoms with Crippen molar-refractivity contribution in [1.29, 1.82) is 0 Å². The molecular formula is C19H30N4O2. The lowest BCUT2D eigenvalue weighted by Crippen LogP contribution is -2.10. The van der Waals surface area contributed by atoms with Crippen LogP contribution in [0.4, 0.5) is 5.69 Å². The predicted octanol–water partition coefficient (Wildman–Crippen LogP) is 3.85. The molecule has 6 nitrogen and oxygen atoms in total. The number of benzene rings is 1. The van der Waals surface area contributed by atoms with E-state index in [0.717, 1.165) is 48.2 Å². The molecule has 2 N–H and O–H groups in total. The van der Waals surface area contributed by atoms with Gasteiger partial charge in [-0.15, -0.1) is 0 Å². The number of hydrogen-bond donors (Lipinski definition) is 2. The van der Waals surface area contributed by atoms with Gasteiger partial charge in [0.25, 0.3) is 0 Å². The molecule has 0 fully saturated rings. The smallest absolute Gasteiger partial charge is 0.163 e. The molecule has 1 heterocycles. The van der Waals surface area contributed by atoms with Crippen LogP contribution >= 0.6 is 0 Å². The largest absolute Gasteiger partial charge is 0.490 e. The number of aromatic nitrogens is 3. The first kappa shape index (κ1) is 19.1. The van der Waals surface area contributed by atoms with Crippen LogP contribution in [0, 0.1) is 5.41 Å². The topological polar surface area (TPSA) is 72.1 Å². The fourth-order valence-corrected chi connectivity index (χ4v) is 2.51. The number of nitrogens with zero attached hydrogens (tertiary/aromatic N) is 2. The molecule has 0 radical (unpaired) electrons. The third kappa shape index (κ3) is 6.29. The normalized spacial score (nSPS) is 11.4. The van der Waals surface area contributed by atoms with Crippen molar-refractivity contribution in [2.75, 3.05) is 25.1 Å². The van der Waals surface area contributed by atoms with E-state index in [-0.39, 0.29) is 5.41 Å². The van der Waals surface area contributed by atoms with Gasteiger partial charge in [0.1, 0.15) is 5.82 Å². The number of nitrogens with one attached hydrogen (secondary N) is 2. The van der Waals surface area contributed by atoms with Gasteiger partial charge in [0.05, 0.1) is 13.2 Å². The molecule has 0 aliphatic heterocycles. The average Bonchev–Trinajstić information content (AvgIpc) is 2.95. The van der Waals surface area contributed by atoms with E-state index in [1.165, 1.54) is 0 Å². The van der Waals surface area contributed by atoms with Crippen molar-refractivity contribution < 1.29 is 9.47 Å². The molecule has 6 heteroatoms. The van der Waals surface area contributed by atoms with E-state index in [4.69, 9.17) is 9.47 Å². The Morgan fingerprint density at radius 3 is 2.48 bits per heavy atom. The van der Waals surface area contributed by atoms with E-state index in [0.29, 0.717) is 13.2 Å². The third-order valence-corrected chi connectivity index (χ3v) is 3.50. The van der Waals surface area contributed by atoms with Crippen molar-refractivity contribution in [2.45, 2.75) is 47.5 Å². The number of aromatic amines is 1. The third-order valence-electron chi connectivity index (χ3n) is 3.50. The van der Waals surface area contributed by atoms with Gasteiger partial charge in [-0.05, 0) is 31.4 Å². The van der Waals surface area contributed by atoms with Gasteiger partial charge in [0.15, 0.2) is 17.3 Å². The maximum atomic E-state index is 5.65. The van der Waals surface area contributed by atoms with Crippen LogP contribution in [0.1, 0.15) is 46.3 Å². The van der Waals surface area contributed by atoms with Crippen molar-refractivity contribution in [3.8, 4) is 11.5 Å². The van der Waals surface area contributed by atoms with E-state index in [1.54, 1.807) is 0 Å². The highest BCUT2D eigenvalue weighted by molar-refractivity contribution is 5.54. The Balaban J connectivity index is 1.90. The highest BCUT2D eigenvalue weighted by Gasteiger charge is 2.14. The first-order valence-electron chi connectivity index (χ1n) is 8.95. The zero-order valence-electron chi connectivity index (χ0n) is 16.0. The highest BCUT2D eigenvalue weighted by Crippen LogP contribution is 2.30.